The third-order valence-corrected chi connectivity index (χ3v) is 3.04. The molecule has 2 nitrogen and oxygen atoms in total. The molecule has 1 atom stereocenters. The van der Waals surface area contributed by atoms with E-state index in [0.29, 0.717) is 6.04 Å². The zero-order valence-corrected chi connectivity index (χ0v) is 12.6. The van der Waals surface area contributed by atoms with E-state index in [4.69, 9.17) is 4.74 Å². The fraction of sp³-hybridized carbons (Fsp3) is 1.00. The standard InChI is InChI=1S/C15H33NO/c1-6-16-15(8-7-13(2)3)10-12-17-11-9-14(4)5/h13-16H,6-12H2,1-5H3. The lowest BCUT2D eigenvalue weighted by atomic mass is 10.0. The molecule has 0 saturated heterocycles. The van der Waals surface area contributed by atoms with Crippen molar-refractivity contribution in [3.63, 3.8) is 0 Å². The van der Waals surface area contributed by atoms with Crippen molar-refractivity contribution >= 4 is 0 Å². The van der Waals surface area contributed by atoms with E-state index < -0.39 is 0 Å². The summed E-state index contributed by atoms with van der Waals surface area (Å²) in [5.74, 6) is 1.55. The summed E-state index contributed by atoms with van der Waals surface area (Å²) in [6, 6.07) is 0.640. The molecule has 0 aromatic carbocycles. The minimum absolute atomic E-state index is 0.640. The highest BCUT2D eigenvalue weighted by Crippen LogP contribution is 2.09. The predicted octanol–water partition coefficient (Wildman–Crippen LogP) is 3.85. The van der Waals surface area contributed by atoms with Gasteiger partial charge in [-0.05, 0) is 44.1 Å². The Labute approximate surface area is 109 Å². The van der Waals surface area contributed by atoms with Gasteiger partial charge in [0.2, 0.25) is 0 Å². The topological polar surface area (TPSA) is 21.3 Å². The van der Waals surface area contributed by atoms with E-state index in [9.17, 15) is 0 Å². The van der Waals surface area contributed by atoms with E-state index in [1.807, 2.05) is 0 Å². The number of ether oxygens (including phenoxy) is 1. The third kappa shape index (κ3) is 12.2. The van der Waals surface area contributed by atoms with Gasteiger partial charge in [0.05, 0.1) is 0 Å². The fourth-order valence-electron chi connectivity index (χ4n) is 1.82. The molecule has 0 aromatic rings. The maximum atomic E-state index is 5.69. The van der Waals surface area contributed by atoms with Crippen LogP contribution in [0.25, 0.3) is 0 Å². The lowest BCUT2D eigenvalue weighted by molar-refractivity contribution is 0.113. The van der Waals surface area contributed by atoms with Crippen LogP contribution in [-0.4, -0.2) is 25.8 Å². The number of rotatable bonds is 11. The van der Waals surface area contributed by atoms with Gasteiger partial charge < -0.3 is 10.1 Å². The lowest BCUT2D eigenvalue weighted by Gasteiger charge is -2.19. The Morgan fingerprint density at radius 1 is 0.824 bits per heavy atom. The normalized spacial score (nSPS) is 13.6. The van der Waals surface area contributed by atoms with Crippen molar-refractivity contribution in [3.05, 3.63) is 0 Å². The second-order valence-corrected chi connectivity index (χ2v) is 5.81. The molecule has 0 heterocycles. The Hall–Kier alpha value is -0.0800. The Balaban J connectivity index is 3.55. The van der Waals surface area contributed by atoms with Crippen LogP contribution in [-0.2, 0) is 4.74 Å². The van der Waals surface area contributed by atoms with Crippen LogP contribution in [0.5, 0.6) is 0 Å². The summed E-state index contributed by atoms with van der Waals surface area (Å²) in [5, 5.41) is 3.56. The van der Waals surface area contributed by atoms with Crippen LogP contribution in [0.4, 0.5) is 0 Å². The molecule has 0 aliphatic heterocycles. The van der Waals surface area contributed by atoms with Crippen LogP contribution in [0.1, 0.15) is 60.3 Å². The fourth-order valence-corrected chi connectivity index (χ4v) is 1.82. The van der Waals surface area contributed by atoms with Crippen LogP contribution in [0.2, 0.25) is 0 Å². The predicted molar refractivity (Wildman–Crippen MR) is 76.4 cm³/mol. The minimum Gasteiger partial charge on any atom is -0.381 e. The van der Waals surface area contributed by atoms with Gasteiger partial charge in [-0.1, -0.05) is 34.6 Å². The zero-order valence-electron chi connectivity index (χ0n) is 12.6. The Morgan fingerprint density at radius 2 is 1.41 bits per heavy atom. The minimum atomic E-state index is 0.640. The summed E-state index contributed by atoms with van der Waals surface area (Å²) in [5.41, 5.74) is 0. The maximum absolute atomic E-state index is 5.69. The summed E-state index contributed by atoms with van der Waals surface area (Å²) in [4.78, 5) is 0. The summed E-state index contributed by atoms with van der Waals surface area (Å²) in [6.07, 6.45) is 4.92. The first-order valence-electron chi connectivity index (χ1n) is 7.37. The molecule has 0 fully saturated rings. The molecule has 0 rings (SSSR count). The highest BCUT2D eigenvalue weighted by molar-refractivity contribution is 4.66. The molecular weight excluding hydrogens is 210 g/mol. The molecule has 0 bridgehead atoms. The molecule has 1 N–H and O–H groups in total. The molecule has 0 amide bonds. The van der Waals surface area contributed by atoms with Gasteiger partial charge in [0.1, 0.15) is 0 Å². The highest BCUT2D eigenvalue weighted by atomic mass is 16.5. The molecule has 0 aliphatic rings. The SMILES string of the molecule is CCNC(CCOCCC(C)C)CCC(C)C. The van der Waals surface area contributed by atoms with Crippen LogP contribution in [0.3, 0.4) is 0 Å². The molecule has 0 radical (unpaired) electrons. The Kier molecular flexibility index (Phi) is 11.0. The first-order valence-corrected chi connectivity index (χ1v) is 7.37. The van der Waals surface area contributed by atoms with E-state index in [2.05, 4.69) is 39.9 Å². The van der Waals surface area contributed by atoms with Gasteiger partial charge in [0, 0.05) is 19.3 Å². The summed E-state index contributed by atoms with van der Waals surface area (Å²) >= 11 is 0. The van der Waals surface area contributed by atoms with E-state index in [1.54, 1.807) is 0 Å². The van der Waals surface area contributed by atoms with Gasteiger partial charge in [0.15, 0.2) is 0 Å². The summed E-state index contributed by atoms with van der Waals surface area (Å²) in [7, 11) is 0. The monoisotopic (exact) mass is 243 g/mol. The molecule has 0 aromatic heterocycles. The van der Waals surface area contributed by atoms with Crippen molar-refractivity contribution in [3.8, 4) is 0 Å². The second-order valence-electron chi connectivity index (χ2n) is 5.81. The Bertz CT molecular complexity index is 157. The number of hydrogen-bond donors (Lipinski definition) is 1. The van der Waals surface area contributed by atoms with Crippen LogP contribution in [0.15, 0.2) is 0 Å². The summed E-state index contributed by atoms with van der Waals surface area (Å²) < 4.78 is 5.69. The van der Waals surface area contributed by atoms with Gasteiger partial charge in [-0.2, -0.15) is 0 Å². The van der Waals surface area contributed by atoms with Crippen molar-refractivity contribution in [2.24, 2.45) is 11.8 Å². The molecule has 2 heteroatoms. The first-order chi connectivity index (χ1) is 8.06. The molecule has 104 valence electrons. The number of hydrogen-bond acceptors (Lipinski definition) is 2. The van der Waals surface area contributed by atoms with E-state index >= 15 is 0 Å². The maximum Gasteiger partial charge on any atom is 0.0480 e. The highest BCUT2D eigenvalue weighted by Gasteiger charge is 2.08. The van der Waals surface area contributed by atoms with Crippen molar-refractivity contribution in [2.75, 3.05) is 19.8 Å². The molecular formula is C15H33NO. The van der Waals surface area contributed by atoms with Crippen molar-refractivity contribution in [2.45, 2.75) is 66.3 Å². The largest absolute Gasteiger partial charge is 0.381 e. The number of nitrogens with one attached hydrogen (secondary N) is 1. The average Bonchev–Trinajstić information content (AvgIpc) is 2.24. The van der Waals surface area contributed by atoms with Crippen LogP contribution >= 0.6 is 0 Å². The average molecular weight is 243 g/mol. The second kappa shape index (κ2) is 11.0. The lowest BCUT2D eigenvalue weighted by Crippen LogP contribution is -2.30. The van der Waals surface area contributed by atoms with Crippen molar-refractivity contribution in [1.29, 1.82) is 0 Å². The third-order valence-electron chi connectivity index (χ3n) is 3.04. The van der Waals surface area contributed by atoms with Crippen LogP contribution in [0, 0.1) is 11.8 Å². The van der Waals surface area contributed by atoms with E-state index in [1.165, 1.54) is 19.3 Å². The van der Waals surface area contributed by atoms with Gasteiger partial charge in [-0.3, -0.25) is 0 Å². The molecule has 0 saturated carbocycles. The zero-order chi connectivity index (χ0) is 13.1. The van der Waals surface area contributed by atoms with Gasteiger partial charge >= 0.3 is 0 Å². The van der Waals surface area contributed by atoms with Gasteiger partial charge in [-0.25, -0.2) is 0 Å². The van der Waals surface area contributed by atoms with Gasteiger partial charge in [0.25, 0.3) is 0 Å². The van der Waals surface area contributed by atoms with Gasteiger partial charge in [-0.15, -0.1) is 0 Å². The first kappa shape index (κ1) is 16.9. The van der Waals surface area contributed by atoms with Crippen molar-refractivity contribution < 1.29 is 4.74 Å². The Morgan fingerprint density at radius 3 is 1.94 bits per heavy atom. The summed E-state index contributed by atoms with van der Waals surface area (Å²) in [6.45, 7) is 14.1. The van der Waals surface area contributed by atoms with Crippen molar-refractivity contribution in [1.82, 2.24) is 5.32 Å². The molecule has 1 unspecified atom stereocenters. The quantitative estimate of drug-likeness (QED) is 0.556. The van der Waals surface area contributed by atoms with Crippen LogP contribution < -0.4 is 5.32 Å². The van der Waals surface area contributed by atoms with E-state index in [-0.39, 0.29) is 0 Å². The molecule has 17 heavy (non-hydrogen) atoms. The van der Waals surface area contributed by atoms with E-state index in [0.717, 1.165) is 38.0 Å². The molecule has 0 aliphatic carbocycles. The smallest absolute Gasteiger partial charge is 0.0480 e. The molecule has 0 spiro atoms.